The van der Waals surface area contributed by atoms with Gasteiger partial charge in [-0.05, 0) is 19.1 Å². The van der Waals surface area contributed by atoms with Crippen molar-refractivity contribution in [2.45, 2.75) is 11.8 Å². The summed E-state index contributed by atoms with van der Waals surface area (Å²) in [5.41, 5.74) is 0.924. The molecule has 11 nitrogen and oxygen atoms in total. The number of carboxylic acids is 2. The first kappa shape index (κ1) is 23.7. The summed E-state index contributed by atoms with van der Waals surface area (Å²) >= 11 is 0. The first-order valence-corrected chi connectivity index (χ1v) is 10.6. The Morgan fingerprint density at radius 2 is 1.77 bits per heavy atom. The smallest absolute Gasteiger partial charge is 0.332 e. The topological polar surface area (TPSA) is 150 Å². The maximum Gasteiger partial charge on any atom is 0.332 e. The number of rotatable bonds is 12. The second-order valence-electron chi connectivity index (χ2n) is 7.13. The zero-order chi connectivity index (χ0) is 22.4. The third kappa shape index (κ3) is 7.06. The molecule has 30 heavy (non-hydrogen) atoms. The van der Waals surface area contributed by atoms with Gasteiger partial charge in [0.05, 0.1) is 37.6 Å². The van der Waals surface area contributed by atoms with Gasteiger partial charge in [-0.25, -0.2) is 17.9 Å². The van der Waals surface area contributed by atoms with Crippen LogP contribution in [0, 0.1) is 13.7 Å². The highest BCUT2D eigenvalue weighted by molar-refractivity contribution is 7.89. The van der Waals surface area contributed by atoms with Crippen molar-refractivity contribution in [3.05, 3.63) is 36.6 Å². The first-order valence-electron chi connectivity index (χ1n) is 9.13. The van der Waals surface area contributed by atoms with Crippen molar-refractivity contribution >= 4 is 27.9 Å². The minimum atomic E-state index is -3.74. The summed E-state index contributed by atoms with van der Waals surface area (Å²) in [5, 5.41) is 17.9. The molecule has 1 fully saturated rings. The molecule has 0 aromatic heterocycles. The van der Waals surface area contributed by atoms with Crippen LogP contribution in [0.2, 0.25) is 0 Å². The fourth-order valence-corrected chi connectivity index (χ4v) is 4.04. The predicted octanol–water partition coefficient (Wildman–Crippen LogP) is -0.763. The van der Waals surface area contributed by atoms with Gasteiger partial charge in [0.2, 0.25) is 10.0 Å². The average Bonchev–Trinajstić information content (AvgIpc) is 3.00. The van der Waals surface area contributed by atoms with E-state index in [2.05, 4.69) is 4.72 Å². The third-order valence-corrected chi connectivity index (χ3v) is 6.09. The van der Waals surface area contributed by atoms with Crippen molar-refractivity contribution in [1.82, 2.24) is 9.62 Å². The zero-order valence-corrected chi connectivity index (χ0v) is 17.3. The summed E-state index contributed by atoms with van der Waals surface area (Å²) < 4.78 is 32.2. The Bertz CT molecular complexity index is 871. The molecular formula is C18H25N3O8S. The second kappa shape index (κ2) is 9.98. The van der Waals surface area contributed by atoms with Gasteiger partial charge < -0.3 is 19.4 Å². The van der Waals surface area contributed by atoms with Gasteiger partial charge in [-0.15, -0.1) is 0 Å². The van der Waals surface area contributed by atoms with E-state index in [1.807, 2.05) is 6.92 Å². The molecule has 1 heterocycles. The number of hydrogen-bond acceptors (Lipinski definition) is 7. The molecule has 166 valence electrons. The summed E-state index contributed by atoms with van der Waals surface area (Å²) in [6.45, 7) is 2.54. The quantitative estimate of drug-likeness (QED) is 0.215. The van der Waals surface area contributed by atoms with Crippen LogP contribution in [0.25, 0.3) is 0 Å². The zero-order valence-electron chi connectivity index (χ0n) is 16.5. The van der Waals surface area contributed by atoms with Gasteiger partial charge in [-0.2, -0.15) is 0 Å². The predicted molar refractivity (Wildman–Crippen MR) is 103 cm³/mol. The Morgan fingerprint density at radius 1 is 1.17 bits per heavy atom. The molecule has 0 aliphatic carbocycles. The van der Waals surface area contributed by atoms with E-state index >= 15 is 0 Å². The lowest BCUT2D eigenvalue weighted by Gasteiger charge is -2.40. The maximum absolute atomic E-state index is 12.4. The van der Waals surface area contributed by atoms with Gasteiger partial charge in [0.25, 0.3) is 0 Å². The van der Waals surface area contributed by atoms with Gasteiger partial charge in [-0.1, -0.05) is 17.7 Å². The van der Waals surface area contributed by atoms with Crippen molar-refractivity contribution < 1.29 is 42.2 Å². The number of quaternary nitrogens is 1. The highest BCUT2D eigenvalue weighted by Gasteiger charge is 2.32. The van der Waals surface area contributed by atoms with E-state index in [9.17, 15) is 22.8 Å². The lowest BCUT2D eigenvalue weighted by molar-refractivity contribution is -0.892. The van der Waals surface area contributed by atoms with Crippen LogP contribution in [-0.4, -0.2) is 91.7 Å². The largest absolute Gasteiger partial charge is 0.577 e. The number of aryl methyl sites for hydroxylation is 1. The molecule has 1 unspecified atom stereocenters. The molecule has 1 aromatic rings. The van der Waals surface area contributed by atoms with Gasteiger partial charge in [0, 0.05) is 13.3 Å². The van der Waals surface area contributed by atoms with E-state index in [0.717, 1.165) is 5.56 Å². The molecule has 1 atom stereocenters. The second-order valence-corrected chi connectivity index (χ2v) is 8.90. The Balaban J connectivity index is 2.00. The molecule has 0 spiro atoms. The number of cyclic esters (lactones) is 1. The van der Waals surface area contributed by atoms with E-state index in [4.69, 9.17) is 14.9 Å². The summed E-state index contributed by atoms with van der Waals surface area (Å²) in [6, 6.07) is 6.35. The molecule has 1 aromatic carbocycles. The minimum Gasteiger partial charge on any atom is -0.577 e. The highest BCUT2D eigenvalue weighted by Crippen LogP contribution is 2.19. The van der Waals surface area contributed by atoms with E-state index in [1.165, 1.54) is 23.8 Å². The number of benzene rings is 1. The van der Waals surface area contributed by atoms with Crippen molar-refractivity contribution in [2.24, 2.45) is 0 Å². The first-order chi connectivity index (χ1) is 14.0. The van der Waals surface area contributed by atoms with E-state index in [0.29, 0.717) is 0 Å². The number of esters is 1. The van der Waals surface area contributed by atoms with Crippen LogP contribution >= 0.6 is 0 Å². The number of aliphatic carboxylic acids is 2. The lowest BCUT2D eigenvalue weighted by Crippen LogP contribution is -2.52. The minimum absolute atomic E-state index is 0.00120. The Labute approximate surface area is 174 Å². The molecule has 3 N–H and O–H groups in total. The number of nitrogens with zero attached hydrogens (tertiary/aromatic N) is 2. The molecule has 1 saturated heterocycles. The van der Waals surface area contributed by atoms with Crippen LogP contribution in [0.15, 0.2) is 29.2 Å². The Hall–Kier alpha value is -2.54. The molecule has 0 amide bonds. The number of carbonyl (C=O) groups excluding carboxylic acids is 1. The monoisotopic (exact) mass is 443 g/mol. The number of hydrogen-bond donors (Lipinski definition) is 3. The normalized spacial score (nSPS) is 19.1. The van der Waals surface area contributed by atoms with Crippen LogP contribution < -0.4 is 4.72 Å². The molecule has 0 saturated carbocycles. The molecule has 0 radical (unpaired) electrons. The molecule has 2 rings (SSSR count). The third-order valence-electron chi connectivity index (χ3n) is 4.61. The van der Waals surface area contributed by atoms with Crippen molar-refractivity contribution in [3.63, 3.8) is 0 Å². The van der Waals surface area contributed by atoms with Crippen molar-refractivity contribution in [3.8, 4) is 0 Å². The number of carbonyl (C=O) groups is 3. The van der Waals surface area contributed by atoms with E-state index < -0.39 is 41.0 Å². The standard InChI is InChI=1S/C18H25N3O8S/c1-14-2-4-15(5-3-14)30(27,28)19-6-8-21(12-18(26)29-13-21)9-7-20(10-16(22)23)11-17(24)25/h2-5,13,19H,6-12H2,1H3,(H,22,23)(H,24,25). The molecule has 0 bridgehead atoms. The van der Waals surface area contributed by atoms with Gasteiger partial charge in [-0.3, -0.25) is 14.5 Å². The summed E-state index contributed by atoms with van der Waals surface area (Å²) in [7, 11) is -3.74. The van der Waals surface area contributed by atoms with Crippen LogP contribution in [0.3, 0.4) is 0 Å². The van der Waals surface area contributed by atoms with Crippen LogP contribution in [0.4, 0.5) is 0 Å². The number of sulfonamides is 1. The lowest BCUT2D eigenvalue weighted by atomic mass is 10.2. The van der Waals surface area contributed by atoms with E-state index in [-0.39, 0.29) is 42.1 Å². The Kier molecular flexibility index (Phi) is 7.89. The maximum atomic E-state index is 12.4. The average molecular weight is 443 g/mol. The highest BCUT2D eigenvalue weighted by atomic mass is 32.2. The summed E-state index contributed by atoms with van der Waals surface area (Å²) in [6.07, 6.45) is 0. The van der Waals surface area contributed by atoms with Crippen LogP contribution in [-0.2, 0) is 29.1 Å². The fraction of sp³-hybridized carbons (Fsp3) is 0.444. The molecular weight excluding hydrogens is 418 g/mol. The molecule has 1 aliphatic heterocycles. The van der Waals surface area contributed by atoms with Gasteiger partial charge >= 0.3 is 17.9 Å². The van der Waals surface area contributed by atoms with Crippen LogP contribution in [0.5, 0.6) is 0 Å². The SMILES string of the molecule is Cc1ccc(S(=O)(=O)NCC[N+]2(CCN(CC(=O)O)CC(=O)O)[CH-]OC(=O)C2)cc1. The molecule has 12 heteroatoms. The number of nitrogens with one attached hydrogen (secondary N) is 1. The van der Waals surface area contributed by atoms with Gasteiger partial charge in [0.1, 0.15) is 0 Å². The number of carboxylic acid groups (broad SMARTS) is 2. The van der Waals surface area contributed by atoms with Crippen molar-refractivity contribution in [1.29, 1.82) is 0 Å². The summed E-state index contributed by atoms with van der Waals surface area (Å²) in [5.74, 6) is -2.85. The van der Waals surface area contributed by atoms with Crippen LogP contribution in [0.1, 0.15) is 5.56 Å². The Morgan fingerprint density at radius 3 is 2.27 bits per heavy atom. The van der Waals surface area contributed by atoms with Gasteiger partial charge in [0.15, 0.2) is 6.54 Å². The number of ether oxygens (including phenoxy) is 1. The van der Waals surface area contributed by atoms with Crippen molar-refractivity contribution in [2.75, 3.05) is 45.8 Å². The summed E-state index contributed by atoms with van der Waals surface area (Å²) in [4.78, 5) is 34.9. The fourth-order valence-electron chi connectivity index (χ4n) is 3.02. The molecule has 1 aliphatic rings. The van der Waals surface area contributed by atoms with E-state index in [1.54, 1.807) is 12.1 Å².